The number of allylic oxidation sites excluding steroid dienone is 4. The number of benzene rings is 2. The predicted molar refractivity (Wildman–Crippen MR) is 132 cm³/mol. The second kappa shape index (κ2) is 10.1. The summed E-state index contributed by atoms with van der Waals surface area (Å²) in [6, 6.07) is 19.6. The van der Waals surface area contributed by atoms with Gasteiger partial charge in [-0.2, -0.15) is 0 Å². The molecule has 164 valence electrons. The molecule has 0 saturated carbocycles. The average molecular weight is 483 g/mol. The standard InChI is InChI=1S/C10H14O.C9H13.C6H5.CH3.2ClH.Ti/c1-10(2,3)8-5-4-6-9(11)7-8;1-9(2,3)8-6-4-5-7-8;1-2-4-6-5-3-1;;;;/h4-7,11H,1-3H3;4,6H,5H2,1-3H3;1-5H;1H3;2*1H;/q;;;;;;+1/p-1. The smallest absolute Gasteiger partial charge is 0.147 e. The SMILES string of the molecule is CC(C)(C)C1=[C]([Ti]([CH3])([O]c2cccc(C(C)(C)C)c2)[c]2ccccc2)CC=C1.Cl.Cl. The molecule has 2 aromatic carbocycles. The largest absolute Gasteiger partial charge is 0.147 e. The molecule has 0 fully saturated rings. The van der Waals surface area contributed by atoms with Crippen LogP contribution in [0.3, 0.4) is 0 Å². The van der Waals surface area contributed by atoms with Crippen molar-refractivity contribution >= 4 is 28.7 Å². The van der Waals surface area contributed by atoms with E-state index in [1.807, 2.05) is 0 Å². The van der Waals surface area contributed by atoms with Crippen LogP contribution in [0.1, 0.15) is 53.5 Å². The minimum absolute atomic E-state index is 0. The Morgan fingerprint density at radius 1 is 0.800 bits per heavy atom. The van der Waals surface area contributed by atoms with Crippen molar-refractivity contribution in [2.24, 2.45) is 5.41 Å². The molecule has 1 aliphatic rings. The molecule has 0 spiro atoms. The van der Waals surface area contributed by atoms with Gasteiger partial charge in [0.2, 0.25) is 0 Å². The third kappa shape index (κ3) is 5.83. The molecule has 0 saturated heterocycles. The first-order chi connectivity index (χ1) is 13.0. The molecule has 1 aliphatic carbocycles. The van der Waals surface area contributed by atoms with Crippen molar-refractivity contribution in [3.05, 3.63) is 81.8 Å². The fourth-order valence-electron chi connectivity index (χ4n) is 3.97. The average Bonchev–Trinajstić information content (AvgIpc) is 3.13. The summed E-state index contributed by atoms with van der Waals surface area (Å²) in [6.07, 6.45) is 5.66. The van der Waals surface area contributed by atoms with Crippen LogP contribution in [0.5, 0.6) is 5.75 Å². The van der Waals surface area contributed by atoms with E-state index in [2.05, 4.69) is 114 Å². The van der Waals surface area contributed by atoms with Crippen molar-refractivity contribution in [2.45, 2.75) is 58.6 Å². The summed E-state index contributed by atoms with van der Waals surface area (Å²) in [7, 11) is 0. The molecule has 4 heteroatoms. The van der Waals surface area contributed by atoms with Crippen LogP contribution < -0.4 is 7.19 Å². The fourth-order valence-corrected chi connectivity index (χ4v) is 9.43. The Labute approximate surface area is 199 Å². The van der Waals surface area contributed by atoms with Gasteiger partial charge < -0.3 is 0 Å². The van der Waals surface area contributed by atoms with Crippen LogP contribution in [0.15, 0.2) is 76.2 Å². The van der Waals surface area contributed by atoms with E-state index in [1.54, 1.807) is 3.88 Å². The summed E-state index contributed by atoms with van der Waals surface area (Å²) in [5, 5.41) is 2.41. The van der Waals surface area contributed by atoms with Gasteiger partial charge in [0.25, 0.3) is 0 Å². The molecule has 0 bridgehead atoms. The van der Waals surface area contributed by atoms with Crippen molar-refractivity contribution in [3.8, 4) is 5.75 Å². The summed E-state index contributed by atoms with van der Waals surface area (Å²) < 4.78 is 9.94. The molecule has 1 unspecified atom stereocenters. The third-order valence-electron chi connectivity index (χ3n) is 5.66. The second-order valence-electron chi connectivity index (χ2n) is 10.0. The molecular weight excluding hydrogens is 447 g/mol. The number of halogens is 2. The van der Waals surface area contributed by atoms with Gasteiger partial charge in [0, 0.05) is 0 Å². The van der Waals surface area contributed by atoms with Crippen LogP contribution in [-0.4, -0.2) is 0 Å². The first-order valence-electron chi connectivity index (χ1n) is 10.3. The Morgan fingerprint density at radius 3 is 2.00 bits per heavy atom. The maximum atomic E-state index is 7.02. The molecule has 0 aliphatic heterocycles. The Hall–Kier alpha value is -0.986. The van der Waals surface area contributed by atoms with E-state index in [0.717, 1.165) is 12.2 Å². The first kappa shape index (κ1) is 27.0. The van der Waals surface area contributed by atoms with Crippen molar-refractivity contribution in [3.63, 3.8) is 0 Å². The number of hydrogen-bond donors (Lipinski definition) is 0. The Balaban J connectivity index is 0.00000225. The third-order valence-corrected chi connectivity index (χ3v) is 11.4. The maximum absolute atomic E-state index is 7.02. The Morgan fingerprint density at radius 2 is 1.43 bits per heavy atom. The van der Waals surface area contributed by atoms with Gasteiger partial charge in [-0.05, 0) is 0 Å². The quantitative estimate of drug-likeness (QED) is 0.402. The Kier molecular flexibility index (Phi) is 9.10. The summed E-state index contributed by atoms with van der Waals surface area (Å²) in [4.78, 5) is 0. The van der Waals surface area contributed by atoms with Crippen LogP contribution in [0.4, 0.5) is 0 Å². The van der Waals surface area contributed by atoms with E-state index in [4.69, 9.17) is 3.32 Å². The van der Waals surface area contributed by atoms with E-state index in [0.29, 0.717) is 0 Å². The Bertz CT molecular complexity index is 905. The van der Waals surface area contributed by atoms with E-state index in [-0.39, 0.29) is 35.6 Å². The molecule has 3 rings (SSSR count). The second-order valence-corrected chi connectivity index (χ2v) is 15.4. The van der Waals surface area contributed by atoms with Crippen molar-refractivity contribution in [2.75, 3.05) is 0 Å². The zero-order chi connectivity index (χ0) is 20.6. The van der Waals surface area contributed by atoms with Gasteiger partial charge in [0.1, 0.15) is 0 Å². The van der Waals surface area contributed by atoms with E-state index in [9.17, 15) is 0 Å². The molecular formula is C26H36Cl2OTi. The molecule has 30 heavy (non-hydrogen) atoms. The summed E-state index contributed by atoms with van der Waals surface area (Å²) in [5.74, 6) is 1.01. The summed E-state index contributed by atoms with van der Waals surface area (Å²) >= 11 is -3.02. The van der Waals surface area contributed by atoms with Crippen LogP contribution in [0.2, 0.25) is 5.23 Å². The van der Waals surface area contributed by atoms with Gasteiger partial charge in [-0.25, -0.2) is 0 Å². The van der Waals surface area contributed by atoms with Gasteiger partial charge in [-0.15, -0.1) is 24.8 Å². The molecule has 0 aromatic heterocycles. The molecule has 0 N–H and O–H groups in total. The normalized spacial score (nSPS) is 15.8. The minimum Gasteiger partial charge on any atom is -0.147 e. The van der Waals surface area contributed by atoms with E-state index < -0.39 is 17.0 Å². The number of rotatable bonds is 4. The molecule has 1 atom stereocenters. The number of hydrogen-bond acceptors (Lipinski definition) is 1. The molecule has 0 amide bonds. The van der Waals surface area contributed by atoms with E-state index in [1.165, 1.54) is 15.0 Å². The van der Waals surface area contributed by atoms with Gasteiger partial charge in [-0.3, -0.25) is 0 Å². The van der Waals surface area contributed by atoms with Gasteiger partial charge in [-0.1, -0.05) is 0 Å². The van der Waals surface area contributed by atoms with Gasteiger partial charge in [0.15, 0.2) is 0 Å². The van der Waals surface area contributed by atoms with Gasteiger partial charge >= 0.3 is 176 Å². The maximum Gasteiger partial charge on any atom is -0.147 e. The van der Waals surface area contributed by atoms with Crippen molar-refractivity contribution in [1.29, 1.82) is 0 Å². The van der Waals surface area contributed by atoms with Gasteiger partial charge in [0.05, 0.1) is 0 Å². The molecule has 0 heterocycles. The summed E-state index contributed by atoms with van der Waals surface area (Å²) in [5.41, 5.74) is 3.02. The topological polar surface area (TPSA) is 9.23 Å². The molecule has 0 radical (unpaired) electrons. The molecule has 2 aromatic rings. The van der Waals surface area contributed by atoms with Crippen molar-refractivity contribution < 1.29 is 20.3 Å². The first-order valence-corrected chi connectivity index (χ1v) is 14.0. The van der Waals surface area contributed by atoms with Crippen molar-refractivity contribution in [1.82, 2.24) is 0 Å². The zero-order valence-corrected chi connectivity index (χ0v) is 22.5. The van der Waals surface area contributed by atoms with E-state index >= 15 is 0 Å². The summed E-state index contributed by atoms with van der Waals surface area (Å²) in [6.45, 7) is 13.7. The fraction of sp³-hybridized carbons (Fsp3) is 0.385. The molecule has 1 nitrogen and oxygen atoms in total. The monoisotopic (exact) mass is 482 g/mol. The van der Waals surface area contributed by atoms with Crippen LogP contribution >= 0.6 is 24.8 Å². The minimum atomic E-state index is -3.02. The zero-order valence-electron chi connectivity index (χ0n) is 19.3. The van der Waals surface area contributed by atoms with Crippen LogP contribution in [0, 0.1) is 5.41 Å². The van der Waals surface area contributed by atoms with Crippen LogP contribution in [0.25, 0.3) is 0 Å². The van der Waals surface area contributed by atoms with Crippen LogP contribution in [-0.2, 0) is 22.4 Å². The predicted octanol–water partition coefficient (Wildman–Crippen LogP) is 7.91.